The highest BCUT2D eigenvalue weighted by molar-refractivity contribution is 7.92. The lowest BCUT2D eigenvalue weighted by Crippen LogP contribution is -2.15. The molecular formula is C29H26N4O3S. The largest absolute Gasteiger partial charge is 0.456 e. The molecule has 3 aromatic carbocycles. The number of sulfonamides is 1. The van der Waals surface area contributed by atoms with Gasteiger partial charge in [-0.25, -0.2) is 8.42 Å². The van der Waals surface area contributed by atoms with E-state index in [1.54, 1.807) is 30.3 Å². The average Bonchev–Trinajstić information content (AvgIpc) is 3.66. The van der Waals surface area contributed by atoms with Crippen LogP contribution in [0.2, 0.25) is 0 Å². The van der Waals surface area contributed by atoms with Gasteiger partial charge in [-0.15, -0.1) is 0 Å². The first-order chi connectivity index (χ1) is 17.9. The molecule has 37 heavy (non-hydrogen) atoms. The van der Waals surface area contributed by atoms with Gasteiger partial charge in [-0.2, -0.15) is 10.5 Å². The molecule has 0 aliphatic heterocycles. The van der Waals surface area contributed by atoms with E-state index in [9.17, 15) is 18.9 Å². The van der Waals surface area contributed by atoms with Crippen LogP contribution in [0.5, 0.6) is 11.5 Å². The van der Waals surface area contributed by atoms with Gasteiger partial charge in [-0.1, -0.05) is 31.2 Å². The molecule has 1 saturated carbocycles. The number of hydrogen-bond donors (Lipinski definition) is 1. The number of rotatable bonds is 9. The number of benzene rings is 3. The number of nitrogens with one attached hydrogen (secondary N) is 1. The van der Waals surface area contributed by atoms with Crippen molar-refractivity contribution in [1.82, 2.24) is 4.57 Å². The van der Waals surface area contributed by atoms with Gasteiger partial charge >= 0.3 is 0 Å². The van der Waals surface area contributed by atoms with Crippen LogP contribution >= 0.6 is 0 Å². The summed E-state index contributed by atoms with van der Waals surface area (Å²) >= 11 is 0. The van der Waals surface area contributed by atoms with Gasteiger partial charge in [-0.05, 0) is 67.1 Å². The quantitative estimate of drug-likeness (QED) is 0.280. The first kappa shape index (κ1) is 24.4. The normalized spacial score (nSPS) is 13.2. The van der Waals surface area contributed by atoms with E-state index in [0.717, 1.165) is 41.5 Å². The zero-order chi connectivity index (χ0) is 26.0. The minimum Gasteiger partial charge on any atom is -0.456 e. The summed E-state index contributed by atoms with van der Waals surface area (Å²) < 4.78 is 35.2. The maximum Gasteiger partial charge on any atom is 0.232 e. The molecule has 0 bridgehead atoms. The SMILES string of the molecule is CCCS(=O)(=O)Nc1ccc(-c2c(C#N)c3ccc(Oc4ccccc4C#N)cc3n2CC2CC2)cc1. The van der Waals surface area contributed by atoms with Crippen molar-refractivity contribution in [3.8, 4) is 34.9 Å². The Bertz CT molecular complexity index is 1650. The van der Waals surface area contributed by atoms with Crippen molar-refractivity contribution in [3.05, 3.63) is 77.9 Å². The Balaban J connectivity index is 1.58. The van der Waals surface area contributed by atoms with E-state index in [-0.39, 0.29) is 5.75 Å². The molecule has 186 valence electrons. The van der Waals surface area contributed by atoms with Gasteiger partial charge in [0.15, 0.2) is 0 Å². The molecule has 0 saturated heterocycles. The number of aromatic nitrogens is 1. The minimum absolute atomic E-state index is 0.0617. The van der Waals surface area contributed by atoms with E-state index < -0.39 is 10.0 Å². The zero-order valence-electron chi connectivity index (χ0n) is 20.4. The molecule has 0 atom stereocenters. The van der Waals surface area contributed by atoms with Crippen LogP contribution in [0.25, 0.3) is 22.2 Å². The number of nitrogens with zero attached hydrogens (tertiary/aromatic N) is 3. The van der Waals surface area contributed by atoms with Gasteiger partial charge in [0.25, 0.3) is 0 Å². The number of fused-ring (bicyclic) bond motifs is 1. The molecule has 1 aliphatic rings. The van der Waals surface area contributed by atoms with Crippen LogP contribution in [-0.2, 0) is 16.6 Å². The standard InChI is InChI=1S/C29H26N4O3S/c1-2-15-37(34,35)32-23-11-9-21(10-12-23)29-26(18-31)25-14-13-24(16-27(25)33(29)19-20-7-8-20)36-28-6-4-3-5-22(28)17-30/h3-6,9-14,16,20,32H,2,7-8,15,19H2,1H3. The van der Waals surface area contributed by atoms with Crippen LogP contribution in [0, 0.1) is 28.6 Å². The highest BCUT2D eigenvalue weighted by Crippen LogP contribution is 2.40. The summed E-state index contributed by atoms with van der Waals surface area (Å²) in [6.07, 6.45) is 2.82. The molecule has 8 heteroatoms. The molecule has 1 heterocycles. The van der Waals surface area contributed by atoms with Crippen molar-refractivity contribution < 1.29 is 13.2 Å². The lowest BCUT2D eigenvalue weighted by Gasteiger charge is -2.13. The summed E-state index contributed by atoms with van der Waals surface area (Å²) in [6.45, 7) is 2.60. The summed E-state index contributed by atoms with van der Waals surface area (Å²) in [5, 5.41) is 20.4. The van der Waals surface area contributed by atoms with E-state index in [1.165, 1.54) is 0 Å². The van der Waals surface area contributed by atoms with Crippen molar-refractivity contribution in [2.75, 3.05) is 10.5 Å². The number of anilines is 1. The lowest BCUT2D eigenvalue weighted by atomic mass is 10.1. The van der Waals surface area contributed by atoms with Gasteiger partial charge in [0.1, 0.15) is 23.6 Å². The predicted octanol–water partition coefficient (Wildman–Crippen LogP) is 6.41. The average molecular weight is 511 g/mol. The van der Waals surface area contributed by atoms with Crippen LogP contribution in [0.3, 0.4) is 0 Å². The molecule has 4 aromatic rings. The Morgan fingerprint density at radius 1 is 1.03 bits per heavy atom. The topological polar surface area (TPSA) is 108 Å². The van der Waals surface area contributed by atoms with E-state index >= 15 is 0 Å². The molecule has 0 spiro atoms. The molecule has 1 aromatic heterocycles. The third-order valence-electron chi connectivity index (χ3n) is 6.43. The first-order valence-corrected chi connectivity index (χ1v) is 13.9. The number of para-hydroxylation sites is 1. The van der Waals surface area contributed by atoms with Crippen LogP contribution < -0.4 is 9.46 Å². The molecule has 0 radical (unpaired) electrons. The summed E-state index contributed by atoms with van der Waals surface area (Å²) in [5.74, 6) is 1.67. The smallest absolute Gasteiger partial charge is 0.232 e. The Labute approximate surface area is 216 Å². The van der Waals surface area contributed by atoms with Crippen LogP contribution in [-0.4, -0.2) is 18.7 Å². The van der Waals surface area contributed by atoms with Gasteiger partial charge < -0.3 is 9.30 Å². The highest BCUT2D eigenvalue weighted by atomic mass is 32.2. The molecule has 1 N–H and O–H groups in total. The van der Waals surface area contributed by atoms with Crippen molar-refractivity contribution in [2.24, 2.45) is 5.92 Å². The number of nitriles is 2. The fourth-order valence-electron chi connectivity index (χ4n) is 4.52. The summed E-state index contributed by atoms with van der Waals surface area (Å²) in [7, 11) is -3.39. The van der Waals surface area contributed by atoms with Crippen LogP contribution in [0.1, 0.15) is 37.3 Å². The number of ether oxygens (including phenoxy) is 1. The zero-order valence-corrected chi connectivity index (χ0v) is 21.3. The predicted molar refractivity (Wildman–Crippen MR) is 144 cm³/mol. The maximum atomic E-state index is 12.2. The second kappa shape index (κ2) is 10.0. The second-order valence-electron chi connectivity index (χ2n) is 9.28. The Morgan fingerprint density at radius 2 is 1.78 bits per heavy atom. The summed E-state index contributed by atoms with van der Waals surface area (Å²) in [4.78, 5) is 0. The molecule has 0 amide bonds. The number of hydrogen-bond acceptors (Lipinski definition) is 5. The lowest BCUT2D eigenvalue weighted by molar-refractivity contribution is 0.481. The van der Waals surface area contributed by atoms with Crippen LogP contribution in [0.4, 0.5) is 5.69 Å². The van der Waals surface area contributed by atoms with E-state index in [1.807, 2.05) is 43.3 Å². The van der Waals surface area contributed by atoms with Gasteiger partial charge in [0, 0.05) is 23.7 Å². The van der Waals surface area contributed by atoms with Crippen LogP contribution in [0.15, 0.2) is 66.7 Å². The van der Waals surface area contributed by atoms with Gasteiger partial charge in [0.2, 0.25) is 10.0 Å². The fourth-order valence-corrected chi connectivity index (χ4v) is 5.66. The van der Waals surface area contributed by atoms with E-state index in [2.05, 4.69) is 21.4 Å². The summed E-state index contributed by atoms with van der Waals surface area (Å²) in [6, 6.07) is 24.4. The third kappa shape index (κ3) is 5.16. The molecule has 1 aliphatic carbocycles. The van der Waals surface area contributed by atoms with Crippen molar-refractivity contribution in [1.29, 1.82) is 10.5 Å². The molecular weight excluding hydrogens is 484 g/mol. The Kier molecular flexibility index (Phi) is 6.60. The van der Waals surface area contributed by atoms with E-state index in [4.69, 9.17) is 4.74 Å². The minimum atomic E-state index is -3.39. The second-order valence-corrected chi connectivity index (χ2v) is 11.1. The summed E-state index contributed by atoms with van der Waals surface area (Å²) in [5.41, 5.74) is 4.04. The van der Waals surface area contributed by atoms with Gasteiger partial charge in [-0.3, -0.25) is 4.72 Å². The molecule has 5 rings (SSSR count). The van der Waals surface area contributed by atoms with Gasteiger partial charge in [0.05, 0.1) is 28.1 Å². The highest BCUT2D eigenvalue weighted by Gasteiger charge is 2.27. The maximum absolute atomic E-state index is 12.2. The third-order valence-corrected chi connectivity index (χ3v) is 7.92. The molecule has 0 unspecified atom stereocenters. The van der Waals surface area contributed by atoms with Crippen molar-refractivity contribution in [2.45, 2.75) is 32.7 Å². The Hall–Kier alpha value is -4.27. The first-order valence-electron chi connectivity index (χ1n) is 12.3. The fraction of sp³-hybridized carbons (Fsp3) is 0.241. The molecule has 7 nitrogen and oxygen atoms in total. The monoisotopic (exact) mass is 510 g/mol. The van der Waals surface area contributed by atoms with E-state index in [0.29, 0.717) is 40.7 Å². The van der Waals surface area contributed by atoms with Crippen molar-refractivity contribution >= 4 is 26.6 Å². The molecule has 1 fully saturated rings. The Morgan fingerprint density at radius 3 is 2.46 bits per heavy atom. The van der Waals surface area contributed by atoms with Crippen molar-refractivity contribution in [3.63, 3.8) is 0 Å².